The third-order valence-corrected chi connectivity index (χ3v) is 30.9. The number of pyridine rings is 6. The SMILES string of the molecule is O=C(CCCCCCCNc1c2c(nc3ccccc13)CCCC2)CCN1C(=Cc2cc[n+](CCC(=O)CCCCCCCNc3c4c(nc5ccccc35)CCCC4)c3ccccc23)Sc2ccccc21.O=C(CCCNc1c2c(nc3ccccc13)CCCC2)CCN1C(=Cc2cc[n+](CCC(=O)CCCNc3c4c(nc5ccccc35)CCCC4)c3ccccc23)Sc2ccccc21.[I-].[I-]. The van der Waals surface area contributed by atoms with Gasteiger partial charge < -0.3 is 79.0 Å². The summed E-state index contributed by atoms with van der Waals surface area (Å²) in [5.74, 6) is 1.26. The first-order valence-electron chi connectivity index (χ1n) is 51.1. The Morgan fingerprint density at radius 1 is 0.297 bits per heavy atom. The molecule has 6 aromatic heterocycles. The Kier molecular flexibility index (Phi) is 35.1. The summed E-state index contributed by atoms with van der Waals surface area (Å²) in [6.07, 6.45) is 44.3. The highest BCUT2D eigenvalue weighted by Crippen LogP contribution is 2.49. The number of anilines is 6. The zero-order valence-corrected chi connectivity index (χ0v) is 85.8. The van der Waals surface area contributed by atoms with Crippen LogP contribution in [0.5, 0.6) is 0 Å². The fourth-order valence-electron chi connectivity index (χ4n) is 21.4. The molecule has 0 saturated carbocycles. The number of fused-ring (bicyclic) bond motifs is 12. The van der Waals surface area contributed by atoms with Crippen molar-refractivity contribution < 1.29 is 76.3 Å². The molecule has 0 atom stereocenters. The van der Waals surface area contributed by atoms with Crippen LogP contribution in [-0.2, 0) is 83.6 Å². The van der Waals surface area contributed by atoms with E-state index in [1.807, 2.05) is 0 Å². The Labute approximate surface area is 856 Å². The smallest absolute Gasteiger partial charge is 0.213 e. The molecule has 0 spiro atoms. The van der Waals surface area contributed by atoms with E-state index in [1.54, 1.807) is 23.5 Å². The number of thioether (sulfide) groups is 2. The summed E-state index contributed by atoms with van der Waals surface area (Å²) in [5.41, 5.74) is 26.8. The van der Waals surface area contributed by atoms with Gasteiger partial charge in [0.2, 0.25) is 11.0 Å². The van der Waals surface area contributed by atoms with E-state index in [2.05, 4.69) is 271 Å². The average molecular weight is 2100 g/mol. The molecule has 6 aliphatic rings. The number of benzene rings is 8. The van der Waals surface area contributed by atoms with Crippen LogP contribution in [0.4, 0.5) is 34.1 Å². The number of aryl methyl sites for hydroxylation is 6. The summed E-state index contributed by atoms with van der Waals surface area (Å²) >= 11 is 3.55. The van der Waals surface area contributed by atoms with Crippen molar-refractivity contribution in [2.24, 2.45) is 0 Å². The molecule has 20 rings (SSSR count). The fraction of sp³-hybridized carbons (Fsp3) is 0.373. The number of nitrogens with one attached hydrogen (secondary N) is 4. The Morgan fingerprint density at radius 2 is 0.580 bits per heavy atom. The van der Waals surface area contributed by atoms with Crippen LogP contribution in [0.25, 0.3) is 77.6 Å². The summed E-state index contributed by atoms with van der Waals surface area (Å²) in [6.45, 7) is 6.08. The van der Waals surface area contributed by atoms with Crippen LogP contribution in [0.15, 0.2) is 238 Å². The number of nitrogens with zero attached hydrogens (tertiary/aromatic N) is 8. The van der Waals surface area contributed by atoms with Crippen molar-refractivity contribution in [3.05, 3.63) is 285 Å². The second-order valence-electron chi connectivity index (χ2n) is 38.0. The van der Waals surface area contributed by atoms with Crippen LogP contribution in [0, 0.1) is 0 Å². The van der Waals surface area contributed by atoms with E-state index >= 15 is 0 Å². The quantitative estimate of drug-likeness (QED) is 0.0161. The van der Waals surface area contributed by atoms with Gasteiger partial charge in [-0.05, 0) is 247 Å². The van der Waals surface area contributed by atoms with Crippen molar-refractivity contribution in [1.29, 1.82) is 0 Å². The van der Waals surface area contributed by atoms with E-state index in [0.717, 1.165) is 207 Å². The van der Waals surface area contributed by atoms with Crippen molar-refractivity contribution in [3.8, 4) is 0 Å². The fourth-order valence-corrected chi connectivity index (χ4v) is 23.7. The topological polar surface area (TPSA) is 182 Å². The van der Waals surface area contributed by atoms with Gasteiger partial charge in [0.15, 0.2) is 25.5 Å². The number of carbonyl (C=O) groups is 4. The zero-order chi connectivity index (χ0) is 92.1. The summed E-state index contributed by atoms with van der Waals surface area (Å²) in [4.78, 5) is 80.3. The van der Waals surface area contributed by atoms with Gasteiger partial charge in [0, 0.05) is 179 Å². The number of hydrogen-bond donors (Lipinski definition) is 4. The Hall–Kier alpha value is -10.7. The van der Waals surface area contributed by atoms with Gasteiger partial charge in [-0.1, -0.05) is 183 Å². The average Bonchev–Trinajstić information content (AvgIpc) is 1.73. The minimum atomic E-state index is 0. The van der Waals surface area contributed by atoms with E-state index in [1.165, 1.54) is 174 Å². The highest BCUT2D eigenvalue weighted by Gasteiger charge is 2.31. The van der Waals surface area contributed by atoms with Gasteiger partial charge >= 0.3 is 0 Å². The molecule has 4 N–H and O–H groups in total. The number of unbranched alkanes of at least 4 members (excludes halogenated alkanes) is 8. The Balaban J connectivity index is 0.000000189. The number of Topliss-reactive ketones (excluding diaryl/α,β-unsaturated/α-hetero) is 4. The van der Waals surface area contributed by atoms with Gasteiger partial charge in [-0.15, -0.1) is 0 Å². The first kappa shape index (κ1) is 98.9. The third-order valence-electron chi connectivity index (χ3n) is 28.7. The molecule has 0 amide bonds. The molecule has 8 heterocycles. The van der Waals surface area contributed by atoms with Crippen molar-refractivity contribution in [3.63, 3.8) is 0 Å². The molecule has 0 fully saturated rings. The normalized spacial score (nSPS) is 14.7. The van der Waals surface area contributed by atoms with Gasteiger partial charge in [0.05, 0.1) is 67.1 Å². The minimum Gasteiger partial charge on any atom is -1.00 e. The van der Waals surface area contributed by atoms with Crippen LogP contribution in [0.1, 0.15) is 236 Å². The lowest BCUT2D eigenvalue weighted by Crippen LogP contribution is -3.00. The van der Waals surface area contributed by atoms with Crippen molar-refractivity contribution in [2.45, 2.75) is 254 Å². The van der Waals surface area contributed by atoms with E-state index in [0.29, 0.717) is 89.1 Å². The number of aromatic nitrogens is 6. The first-order valence-corrected chi connectivity index (χ1v) is 52.8. The monoisotopic (exact) mass is 2100 g/mol. The summed E-state index contributed by atoms with van der Waals surface area (Å²) < 4.78 is 4.46. The number of para-hydroxylation sites is 8. The molecule has 8 aromatic carbocycles. The summed E-state index contributed by atoms with van der Waals surface area (Å²) in [5, 5.41) is 24.5. The zero-order valence-electron chi connectivity index (χ0n) is 79.8. The van der Waals surface area contributed by atoms with E-state index in [9.17, 15) is 19.2 Å². The maximum absolute atomic E-state index is 13.5. The summed E-state index contributed by atoms with van der Waals surface area (Å²) in [7, 11) is 0. The Morgan fingerprint density at radius 3 is 0.942 bits per heavy atom. The molecule has 14 aromatic rings. The standard InChI is InChI=1S/C63H73N6O2S.C55H57N6O2S.2HI/c70-47(23-7-3-1-5-21-40-64-62-50-26-9-14-30-54(50)66-55-31-15-10-27-51(55)62)38-43-68-42-37-46(49-25-13-18-34-58(49)68)45-61-69(59-35-19-20-36-60(59)72-61)44-39-48(71)24-8-4-2-6-22-41-65-63-52-28-11-16-32-56(52)67-57-33-17-12-29-53(57)63;62-39(15-13-32-56-54-42-18-1-6-22-46(42)58-47-23-7-2-19-43(47)54)30-35-60-34-29-38(41-17-5-10-26-50(41)60)37-53-61(51-27-11-12-28-52(51)64-53)36-31-40(63)16-14-33-57-55-44-20-3-8-24-48(44)59-49-25-9-4-21-45(49)55;;/h9,11,13-14,16,18-20,25-26,28,30,32,34-37,42,45H,1-8,10,12,15,17,21-24,27,29,31,33,38-41,43-44H2,(H,64,66)(H,65,67);1,3,5-6,8,10-12,17-18,20,22,24,26-29,34,37H,2,4,7,9,13-16,19,21,23,25,30-33,35-36H2,(H,56,58)(H,57,59);2*1H/q2*+1;;/p-2. The maximum Gasteiger partial charge on any atom is 0.213 e. The molecule has 712 valence electrons. The van der Waals surface area contributed by atoms with Crippen LogP contribution >= 0.6 is 23.5 Å². The predicted octanol–water partition coefficient (Wildman–Crippen LogP) is 20.3. The van der Waals surface area contributed by atoms with Crippen LogP contribution in [0.2, 0.25) is 0 Å². The summed E-state index contributed by atoms with van der Waals surface area (Å²) in [6, 6.07) is 72.4. The largest absolute Gasteiger partial charge is 1.00 e. The molecule has 2 aliphatic heterocycles. The minimum absolute atomic E-state index is 0. The van der Waals surface area contributed by atoms with Crippen LogP contribution < -0.4 is 88.2 Å². The predicted molar refractivity (Wildman–Crippen MR) is 563 cm³/mol. The molecule has 138 heavy (non-hydrogen) atoms. The molecular formula is C118H130I2N12O4S2. The number of carbonyl (C=O) groups excluding carboxylic acids is 4. The first-order chi connectivity index (χ1) is 67.1. The van der Waals surface area contributed by atoms with E-state index in [-0.39, 0.29) is 59.5 Å². The lowest BCUT2D eigenvalue weighted by Gasteiger charge is -2.22. The molecule has 0 saturated heterocycles. The number of rotatable bonds is 42. The highest BCUT2D eigenvalue weighted by molar-refractivity contribution is 8.04. The lowest BCUT2D eigenvalue weighted by molar-refractivity contribution is -0.670. The second kappa shape index (κ2) is 49.0. The van der Waals surface area contributed by atoms with Gasteiger partial charge in [0.1, 0.15) is 23.1 Å². The van der Waals surface area contributed by atoms with E-state index < -0.39 is 0 Å². The van der Waals surface area contributed by atoms with Gasteiger partial charge in [0.25, 0.3) is 0 Å². The van der Waals surface area contributed by atoms with Gasteiger partial charge in [-0.25, -0.2) is 0 Å². The highest BCUT2D eigenvalue weighted by atomic mass is 127. The molecule has 0 radical (unpaired) electrons. The second-order valence-corrected chi connectivity index (χ2v) is 40.1. The number of halogens is 2. The van der Waals surface area contributed by atoms with E-state index in [4.69, 9.17) is 19.9 Å². The molecule has 16 nitrogen and oxygen atoms in total. The van der Waals surface area contributed by atoms with Crippen LogP contribution in [-0.4, -0.2) is 82.3 Å². The molecule has 0 unspecified atom stereocenters. The van der Waals surface area contributed by atoms with Crippen molar-refractivity contribution >= 4 is 158 Å². The maximum atomic E-state index is 13.5. The van der Waals surface area contributed by atoms with Crippen molar-refractivity contribution in [2.75, 3.05) is 70.3 Å². The molecule has 4 aliphatic carbocycles. The molecule has 20 heteroatoms. The van der Waals surface area contributed by atoms with Gasteiger partial charge in [-0.2, -0.15) is 9.13 Å². The molecule has 0 bridgehead atoms. The van der Waals surface area contributed by atoms with Crippen molar-refractivity contribution in [1.82, 2.24) is 19.9 Å². The third kappa shape index (κ3) is 24.1. The van der Waals surface area contributed by atoms with Gasteiger partial charge in [-0.3, -0.25) is 39.1 Å². The lowest BCUT2D eigenvalue weighted by atomic mass is 9.92. The molecular weight excluding hydrogens is 1970 g/mol. The Bertz CT molecular complexity index is 6780. The van der Waals surface area contributed by atoms with Crippen LogP contribution in [0.3, 0.4) is 0 Å². The number of ketones is 4. The number of hydrogen-bond acceptors (Lipinski definition) is 16.